The summed E-state index contributed by atoms with van der Waals surface area (Å²) in [6, 6.07) is 5.38. The summed E-state index contributed by atoms with van der Waals surface area (Å²) in [7, 11) is 3.24. The zero-order valence-corrected chi connectivity index (χ0v) is 12.7. The molecule has 0 saturated heterocycles. The van der Waals surface area contributed by atoms with Gasteiger partial charge >= 0.3 is 0 Å². The van der Waals surface area contributed by atoms with Gasteiger partial charge in [-0.25, -0.2) is 0 Å². The first-order valence-electron chi connectivity index (χ1n) is 6.35. The van der Waals surface area contributed by atoms with Crippen LogP contribution in [0.15, 0.2) is 18.2 Å². The molecule has 0 spiro atoms. The lowest BCUT2D eigenvalue weighted by Gasteiger charge is -2.10. The van der Waals surface area contributed by atoms with Crippen molar-refractivity contribution in [2.45, 2.75) is 6.42 Å². The van der Waals surface area contributed by atoms with Crippen molar-refractivity contribution in [2.24, 2.45) is 5.73 Å². The van der Waals surface area contributed by atoms with Gasteiger partial charge in [-0.1, -0.05) is 12.2 Å². The van der Waals surface area contributed by atoms with E-state index in [1.807, 2.05) is 0 Å². The molecule has 6 heteroatoms. The van der Waals surface area contributed by atoms with E-state index < -0.39 is 0 Å². The third-order valence-electron chi connectivity index (χ3n) is 2.53. The first-order valence-corrected chi connectivity index (χ1v) is 6.76. The summed E-state index contributed by atoms with van der Waals surface area (Å²) in [5.74, 6) is 1.35. The Labute approximate surface area is 125 Å². The molecular formula is C14H21NO4S. The molecule has 1 aromatic rings. The Hall–Kier alpha value is -1.37. The molecule has 0 aliphatic heterocycles. The molecule has 0 bridgehead atoms. The topological polar surface area (TPSA) is 62.9 Å². The number of rotatable bonds is 10. The van der Waals surface area contributed by atoms with Crippen molar-refractivity contribution in [2.75, 3.05) is 40.6 Å². The average molecular weight is 299 g/mol. The molecule has 0 aliphatic rings. The van der Waals surface area contributed by atoms with Gasteiger partial charge in [0.05, 0.1) is 26.9 Å². The molecule has 20 heavy (non-hydrogen) atoms. The Morgan fingerprint density at radius 1 is 1.05 bits per heavy atom. The quantitative estimate of drug-likeness (QED) is 0.525. The maximum Gasteiger partial charge on any atom is 0.123 e. The van der Waals surface area contributed by atoms with E-state index in [1.54, 1.807) is 32.4 Å². The zero-order chi connectivity index (χ0) is 14.8. The van der Waals surface area contributed by atoms with Crippen LogP contribution in [-0.2, 0) is 9.47 Å². The summed E-state index contributed by atoms with van der Waals surface area (Å²) < 4.78 is 21.1. The van der Waals surface area contributed by atoms with Crippen LogP contribution in [0.5, 0.6) is 11.5 Å². The van der Waals surface area contributed by atoms with E-state index in [9.17, 15) is 0 Å². The van der Waals surface area contributed by atoms with Crippen LogP contribution in [0.2, 0.25) is 0 Å². The molecule has 0 unspecified atom stereocenters. The van der Waals surface area contributed by atoms with Crippen molar-refractivity contribution < 1.29 is 18.9 Å². The third kappa shape index (κ3) is 6.18. The van der Waals surface area contributed by atoms with Crippen LogP contribution < -0.4 is 15.2 Å². The Bertz CT molecular complexity index is 426. The lowest BCUT2D eigenvalue weighted by atomic mass is 10.2. The van der Waals surface area contributed by atoms with Gasteiger partial charge in [-0.15, -0.1) is 0 Å². The van der Waals surface area contributed by atoms with Crippen LogP contribution in [0.3, 0.4) is 0 Å². The predicted octanol–water partition coefficient (Wildman–Crippen LogP) is 1.76. The second kappa shape index (κ2) is 9.52. The zero-order valence-electron chi connectivity index (χ0n) is 11.9. The van der Waals surface area contributed by atoms with Gasteiger partial charge in [0.2, 0.25) is 0 Å². The summed E-state index contributed by atoms with van der Waals surface area (Å²) in [5.41, 5.74) is 6.35. The maximum atomic E-state index is 5.64. The van der Waals surface area contributed by atoms with Crippen LogP contribution in [0.4, 0.5) is 0 Å². The fourth-order valence-electron chi connectivity index (χ4n) is 1.51. The fourth-order valence-corrected chi connectivity index (χ4v) is 1.63. The van der Waals surface area contributed by atoms with Gasteiger partial charge in [0.15, 0.2) is 0 Å². The summed E-state index contributed by atoms with van der Waals surface area (Å²) in [6.45, 7) is 2.39. The van der Waals surface area contributed by atoms with Gasteiger partial charge in [0, 0.05) is 31.8 Å². The van der Waals surface area contributed by atoms with E-state index in [-0.39, 0.29) is 0 Å². The first kappa shape index (κ1) is 16.7. The van der Waals surface area contributed by atoms with Gasteiger partial charge in [0.25, 0.3) is 0 Å². The summed E-state index contributed by atoms with van der Waals surface area (Å²) >= 11 is 4.96. The summed E-state index contributed by atoms with van der Waals surface area (Å²) in [4.78, 5) is 0.316. The Morgan fingerprint density at radius 3 is 2.45 bits per heavy atom. The number of nitrogens with two attached hydrogens (primary N) is 1. The van der Waals surface area contributed by atoms with E-state index in [0.29, 0.717) is 42.9 Å². The normalized spacial score (nSPS) is 10.3. The molecular weight excluding hydrogens is 278 g/mol. The molecule has 5 nitrogen and oxygen atoms in total. The maximum absolute atomic E-state index is 5.64. The minimum absolute atomic E-state index is 0.316. The molecule has 2 N–H and O–H groups in total. The molecule has 1 rings (SSSR count). The van der Waals surface area contributed by atoms with Crippen LogP contribution >= 0.6 is 12.2 Å². The summed E-state index contributed by atoms with van der Waals surface area (Å²) in [5, 5.41) is 0. The molecule has 0 amide bonds. The van der Waals surface area contributed by atoms with Crippen molar-refractivity contribution in [1.29, 1.82) is 0 Å². The van der Waals surface area contributed by atoms with Crippen molar-refractivity contribution >= 4 is 17.2 Å². The van der Waals surface area contributed by atoms with E-state index in [1.165, 1.54) is 0 Å². The smallest absolute Gasteiger partial charge is 0.123 e. The van der Waals surface area contributed by atoms with E-state index in [2.05, 4.69) is 0 Å². The van der Waals surface area contributed by atoms with Gasteiger partial charge in [-0.2, -0.15) is 0 Å². The second-order valence-electron chi connectivity index (χ2n) is 4.07. The molecule has 0 atom stereocenters. The van der Waals surface area contributed by atoms with Crippen LogP contribution in [-0.4, -0.2) is 45.6 Å². The highest BCUT2D eigenvalue weighted by atomic mass is 32.1. The second-order valence-corrected chi connectivity index (χ2v) is 4.51. The first-order chi connectivity index (χ1) is 9.67. The highest BCUT2D eigenvalue weighted by Crippen LogP contribution is 2.22. The lowest BCUT2D eigenvalue weighted by molar-refractivity contribution is 0.0644. The molecule has 1 aromatic carbocycles. The standard InChI is InChI=1S/C14H21NO4S/c1-16-6-7-18-4-3-5-19-13-9-11(14(15)20)8-12(10-13)17-2/h8-10H,3-7H2,1-2H3,(H2,15,20). The van der Waals surface area contributed by atoms with Gasteiger partial charge in [-0.3, -0.25) is 0 Å². The van der Waals surface area contributed by atoms with Crippen LogP contribution in [0, 0.1) is 0 Å². The minimum Gasteiger partial charge on any atom is -0.497 e. The predicted molar refractivity (Wildman–Crippen MR) is 81.7 cm³/mol. The van der Waals surface area contributed by atoms with Gasteiger partial charge < -0.3 is 24.7 Å². The average Bonchev–Trinajstić information content (AvgIpc) is 2.46. The van der Waals surface area contributed by atoms with Gasteiger partial charge in [0.1, 0.15) is 16.5 Å². The van der Waals surface area contributed by atoms with Crippen molar-refractivity contribution in [3.63, 3.8) is 0 Å². The number of hydrogen-bond donors (Lipinski definition) is 1. The summed E-state index contributed by atoms with van der Waals surface area (Å²) in [6.07, 6.45) is 0.795. The Morgan fingerprint density at radius 2 is 1.80 bits per heavy atom. The molecule has 0 radical (unpaired) electrons. The van der Waals surface area contributed by atoms with Crippen LogP contribution in [0.25, 0.3) is 0 Å². The van der Waals surface area contributed by atoms with Crippen molar-refractivity contribution in [3.05, 3.63) is 23.8 Å². The lowest BCUT2D eigenvalue weighted by Crippen LogP contribution is -2.10. The molecule has 0 aromatic heterocycles. The highest BCUT2D eigenvalue weighted by molar-refractivity contribution is 7.80. The molecule has 0 aliphatic carbocycles. The minimum atomic E-state index is 0.316. The fraction of sp³-hybridized carbons (Fsp3) is 0.500. The Kier molecular flexibility index (Phi) is 7.94. The molecule has 0 saturated carbocycles. The molecule has 0 fully saturated rings. The number of benzene rings is 1. The largest absolute Gasteiger partial charge is 0.497 e. The number of methoxy groups -OCH3 is 2. The Balaban J connectivity index is 2.39. The van der Waals surface area contributed by atoms with E-state index in [0.717, 1.165) is 12.0 Å². The van der Waals surface area contributed by atoms with E-state index >= 15 is 0 Å². The van der Waals surface area contributed by atoms with Crippen LogP contribution in [0.1, 0.15) is 12.0 Å². The monoisotopic (exact) mass is 299 g/mol. The SMILES string of the molecule is COCCOCCCOc1cc(OC)cc(C(N)=S)c1. The molecule has 0 heterocycles. The third-order valence-corrected chi connectivity index (χ3v) is 2.77. The van der Waals surface area contributed by atoms with Gasteiger partial charge in [-0.05, 0) is 12.1 Å². The number of thiocarbonyl (C=S) groups is 1. The molecule has 112 valence electrons. The van der Waals surface area contributed by atoms with E-state index in [4.69, 9.17) is 36.9 Å². The number of hydrogen-bond acceptors (Lipinski definition) is 5. The van der Waals surface area contributed by atoms with Crippen molar-refractivity contribution in [3.8, 4) is 11.5 Å². The number of ether oxygens (including phenoxy) is 4. The highest BCUT2D eigenvalue weighted by Gasteiger charge is 2.04. The van der Waals surface area contributed by atoms with Crippen molar-refractivity contribution in [1.82, 2.24) is 0 Å².